The number of aryl methyl sites for hydroxylation is 1. The molecule has 0 aliphatic rings. The number of halogens is 1. The minimum absolute atomic E-state index is 0.302. The summed E-state index contributed by atoms with van der Waals surface area (Å²) in [5.74, 6) is 0. The maximum absolute atomic E-state index is 4.29. The van der Waals surface area contributed by atoms with Crippen LogP contribution in [0, 0.1) is 0 Å². The Morgan fingerprint density at radius 2 is 2.06 bits per heavy atom. The Morgan fingerprint density at radius 1 is 1.28 bits per heavy atom. The van der Waals surface area contributed by atoms with Gasteiger partial charge in [0.25, 0.3) is 0 Å². The van der Waals surface area contributed by atoms with Crippen LogP contribution in [0.4, 0.5) is 5.69 Å². The van der Waals surface area contributed by atoms with Crippen LogP contribution < -0.4 is 5.32 Å². The van der Waals surface area contributed by atoms with Crippen molar-refractivity contribution in [3.63, 3.8) is 0 Å². The largest absolute Gasteiger partial charge is 0.378 e. The monoisotopic (exact) mass is 311 g/mol. The Morgan fingerprint density at radius 3 is 2.72 bits per heavy atom. The zero-order chi connectivity index (χ0) is 13.0. The highest BCUT2D eigenvalue weighted by molar-refractivity contribution is 9.10. The first-order valence-corrected chi connectivity index (χ1v) is 6.93. The van der Waals surface area contributed by atoms with Gasteiger partial charge in [0.2, 0.25) is 0 Å². The molecule has 2 aromatic heterocycles. The lowest BCUT2D eigenvalue weighted by Gasteiger charge is -2.13. The van der Waals surface area contributed by atoms with Gasteiger partial charge in [0.15, 0.2) is 0 Å². The first-order valence-electron chi connectivity index (χ1n) is 6.14. The molecule has 6 heteroatoms. The average Bonchev–Trinajstić information content (AvgIpc) is 2.89. The van der Waals surface area contributed by atoms with Gasteiger partial charge in [0.1, 0.15) is 0 Å². The highest BCUT2D eigenvalue weighted by Gasteiger charge is 2.06. The zero-order valence-electron chi connectivity index (χ0n) is 10.7. The van der Waals surface area contributed by atoms with Gasteiger partial charge in [0, 0.05) is 25.0 Å². The molecule has 0 aromatic carbocycles. The summed E-state index contributed by atoms with van der Waals surface area (Å²) in [6, 6.07) is 0.302. The SMILES string of the molecule is CCCn1cc(N[C@H](C)Cn2cc(Br)cn2)cn1. The van der Waals surface area contributed by atoms with Gasteiger partial charge >= 0.3 is 0 Å². The van der Waals surface area contributed by atoms with E-state index in [0.717, 1.165) is 29.7 Å². The summed E-state index contributed by atoms with van der Waals surface area (Å²) < 4.78 is 4.88. The molecular weight excluding hydrogens is 294 g/mol. The number of hydrogen-bond donors (Lipinski definition) is 1. The molecule has 98 valence electrons. The third-order valence-electron chi connectivity index (χ3n) is 2.56. The van der Waals surface area contributed by atoms with Crippen molar-refractivity contribution in [2.45, 2.75) is 39.4 Å². The second kappa shape index (κ2) is 6.04. The van der Waals surface area contributed by atoms with Crippen molar-refractivity contribution < 1.29 is 0 Å². The number of anilines is 1. The minimum Gasteiger partial charge on any atom is -0.378 e. The molecule has 0 aliphatic carbocycles. The highest BCUT2D eigenvalue weighted by atomic mass is 79.9. The summed E-state index contributed by atoms with van der Waals surface area (Å²) in [7, 11) is 0. The molecule has 0 amide bonds. The predicted octanol–water partition coefficient (Wildman–Crippen LogP) is 2.75. The average molecular weight is 312 g/mol. The quantitative estimate of drug-likeness (QED) is 0.892. The third kappa shape index (κ3) is 3.60. The summed E-state index contributed by atoms with van der Waals surface area (Å²) in [5, 5.41) is 12.0. The molecule has 2 rings (SSSR count). The summed E-state index contributed by atoms with van der Waals surface area (Å²) in [6.45, 7) is 6.06. The van der Waals surface area contributed by atoms with Gasteiger partial charge in [0.05, 0.1) is 29.1 Å². The van der Waals surface area contributed by atoms with Gasteiger partial charge in [-0.2, -0.15) is 10.2 Å². The van der Waals surface area contributed by atoms with E-state index in [2.05, 4.69) is 45.3 Å². The molecule has 0 aliphatic heterocycles. The second-order valence-corrected chi connectivity index (χ2v) is 5.33. The van der Waals surface area contributed by atoms with Crippen molar-refractivity contribution in [2.75, 3.05) is 5.32 Å². The van der Waals surface area contributed by atoms with E-state index in [4.69, 9.17) is 0 Å². The predicted molar refractivity (Wildman–Crippen MR) is 75.5 cm³/mol. The number of nitrogens with one attached hydrogen (secondary N) is 1. The molecule has 0 bridgehead atoms. The van der Waals surface area contributed by atoms with E-state index in [1.54, 1.807) is 6.20 Å². The fraction of sp³-hybridized carbons (Fsp3) is 0.500. The van der Waals surface area contributed by atoms with Crippen molar-refractivity contribution in [2.24, 2.45) is 0 Å². The maximum atomic E-state index is 4.29. The number of rotatable bonds is 6. The van der Waals surface area contributed by atoms with Crippen LogP contribution in [0.5, 0.6) is 0 Å². The first kappa shape index (κ1) is 13.1. The summed E-state index contributed by atoms with van der Waals surface area (Å²) in [5.41, 5.74) is 1.06. The Kier molecular flexibility index (Phi) is 4.41. The van der Waals surface area contributed by atoms with E-state index < -0.39 is 0 Å². The van der Waals surface area contributed by atoms with E-state index in [9.17, 15) is 0 Å². The van der Waals surface area contributed by atoms with Gasteiger partial charge in [-0.25, -0.2) is 0 Å². The number of nitrogens with zero attached hydrogens (tertiary/aromatic N) is 4. The van der Waals surface area contributed by atoms with Crippen LogP contribution in [0.15, 0.2) is 29.3 Å². The van der Waals surface area contributed by atoms with E-state index in [1.807, 2.05) is 28.0 Å². The van der Waals surface area contributed by atoms with Crippen LogP contribution in [0.2, 0.25) is 0 Å². The van der Waals surface area contributed by atoms with Crippen molar-refractivity contribution in [1.29, 1.82) is 0 Å². The van der Waals surface area contributed by atoms with E-state index >= 15 is 0 Å². The van der Waals surface area contributed by atoms with Crippen molar-refractivity contribution in [3.8, 4) is 0 Å². The molecule has 0 spiro atoms. The summed E-state index contributed by atoms with van der Waals surface area (Å²) in [6.07, 6.45) is 8.77. The summed E-state index contributed by atoms with van der Waals surface area (Å²) in [4.78, 5) is 0. The molecule has 0 saturated carbocycles. The van der Waals surface area contributed by atoms with Gasteiger partial charge in [-0.15, -0.1) is 0 Å². The molecule has 2 heterocycles. The van der Waals surface area contributed by atoms with Crippen molar-refractivity contribution in [1.82, 2.24) is 19.6 Å². The molecular formula is C12H18BrN5. The lowest BCUT2D eigenvalue weighted by Crippen LogP contribution is -2.21. The maximum Gasteiger partial charge on any atom is 0.0729 e. The van der Waals surface area contributed by atoms with E-state index in [0.29, 0.717) is 6.04 Å². The third-order valence-corrected chi connectivity index (χ3v) is 2.97. The number of aromatic nitrogens is 4. The van der Waals surface area contributed by atoms with Crippen LogP contribution in [-0.2, 0) is 13.1 Å². The molecule has 18 heavy (non-hydrogen) atoms. The molecule has 5 nitrogen and oxygen atoms in total. The smallest absolute Gasteiger partial charge is 0.0729 e. The van der Waals surface area contributed by atoms with Gasteiger partial charge in [-0.3, -0.25) is 9.36 Å². The van der Waals surface area contributed by atoms with E-state index in [1.165, 1.54) is 0 Å². The molecule has 0 saturated heterocycles. The minimum atomic E-state index is 0.302. The lowest BCUT2D eigenvalue weighted by atomic mass is 10.3. The standard InChI is InChI=1S/C12H18BrN5/c1-3-4-17-9-12(6-15-17)16-10(2)7-18-8-11(13)5-14-18/h5-6,8-10,16H,3-4,7H2,1-2H3/t10-/m1/s1. The van der Waals surface area contributed by atoms with Gasteiger partial charge in [-0.1, -0.05) is 6.92 Å². The van der Waals surface area contributed by atoms with Crippen molar-refractivity contribution in [3.05, 3.63) is 29.3 Å². The van der Waals surface area contributed by atoms with Gasteiger partial charge in [-0.05, 0) is 29.3 Å². The summed E-state index contributed by atoms with van der Waals surface area (Å²) >= 11 is 3.39. The molecule has 0 fully saturated rings. The molecule has 1 atom stereocenters. The lowest BCUT2D eigenvalue weighted by molar-refractivity contribution is 0.560. The first-order chi connectivity index (χ1) is 8.67. The molecule has 1 N–H and O–H groups in total. The zero-order valence-corrected chi connectivity index (χ0v) is 12.3. The molecule has 0 radical (unpaired) electrons. The topological polar surface area (TPSA) is 47.7 Å². The fourth-order valence-corrected chi connectivity index (χ4v) is 2.17. The van der Waals surface area contributed by atoms with Crippen molar-refractivity contribution >= 4 is 21.6 Å². The fourth-order valence-electron chi connectivity index (χ4n) is 1.84. The Labute approximate surface area is 115 Å². The Balaban J connectivity index is 1.88. The van der Waals surface area contributed by atoms with Crippen LogP contribution in [0.25, 0.3) is 0 Å². The number of hydrogen-bond acceptors (Lipinski definition) is 3. The second-order valence-electron chi connectivity index (χ2n) is 4.42. The van der Waals surface area contributed by atoms with E-state index in [-0.39, 0.29) is 0 Å². The Bertz CT molecular complexity index is 490. The van der Waals surface area contributed by atoms with Crippen LogP contribution in [-0.4, -0.2) is 25.6 Å². The highest BCUT2D eigenvalue weighted by Crippen LogP contribution is 2.10. The van der Waals surface area contributed by atoms with Crippen LogP contribution >= 0.6 is 15.9 Å². The normalized spacial score (nSPS) is 12.6. The Hall–Kier alpha value is -1.30. The van der Waals surface area contributed by atoms with Crippen LogP contribution in [0.1, 0.15) is 20.3 Å². The molecule has 0 unspecified atom stereocenters. The van der Waals surface area contributed by atoms with Crippen LogP contribution in [0.3, 0.4) is 0 Å². The molecule has 2 aromatic rings. The van der Waals surface area contributed by atoms with Gasteiger partial charge < -0.3 is 5.32 Å².